The molecule has 0 spiro atoms. The van der Waals surface area contributed by atoms with Gasteiger partial charge in [-0.25, -0.2) is 0 Å². The fourth-order valence-electron chi connectivity index (χ4n) is 4.52. The first-order valence-electron chi connectivity index (χ1n) is 12.4. The number of benzene rings is 2. The van der Waals surface area contributed by atoms with Crippen molar-refractivity contribution in [2.45, 2.75) is 84.3 Å². The van der Waals surface area contributed by atoms with Gasteiger partial charge in [-0.15, -0.1) is 0 Å². The molecule has 0 radical (unpaired) electrons. The largest absolute Gasteiger partial charge is 0.484 e. The van der Waals surface area contributed by atoms with Crippen molar-refractivity contribution in [3.8, 4) is 5.75 Å². The van der Waals surface area contributed by atoms with E-state index in [0.29, 0.717) is 18.7 Å². The lowest BCUT2D eigenvalue weighted by Crippen LogP contribution is -2.52. The Morgan fingerprint density at radius 1 is 1.03 bits per heavy atom. The molecule has 178 valence electrons. The molecule has 1 saturated carbocycles. The maximum absolute atomic E-state index is 13.3. The van der Waals surface area contributed by atoms with Gasteiger partial charge in [-0.1, -0.05) is 75.1 Å². The van der Waals surface area contributed by atoms with Crippen LogP contribution >= 0.6 is 0 Å². The number of carbonyl (C=O) groups excluding carboxylic acids is 2. The van der Waals surface area contributed by atoms with Crippen molar-refractivity contribution >= 4 is 11.8 Å². The molecule has 1 fully saturated rings. The predicted octanol–water partition coefficient (Wildman–Crippen LogP) is 5.19. The van der Waals surface area contributed by atoms with Gasteiger partial charge in [0.2, 0.25) is 5.91 Å². The molecule has 5 heteroatoms. The maximum Gasteiger partial charge on any atom is 0.261 e. The third-order valence-electron chi connectivity index (χ3n) is 6.47. The molecule has 33 heavy (non-hydrogen) atoms. The van der Waals surface area contributed by atoms with E-state index in [2.05, 4.69) is 18.3 Å². The molecule has 0 aromatic heterocycles. The molecule has 0 heterocycles. The van der Waals surface area contributed by atoms with Crippen LogP contribution in [0.25, 0.3) is 0 Å². The lowest BCUT2D eigenvalue weighted by atomic mass is 9.95. The minimum atomic E-state index is -0.522. The fourth-order valence-corrected chi connectivity index (χ4v) is 4.52. The zero-order valence-electron chi connectivity index (χ0n) is 20.3. The number of aryl methyl sites for hydroxylation is 2. The van der Waals surface area contributed by atoms with Crippen molar-refractivity contribution < 1.29 is 14.3 Å². The number of nitrogens with one attached hydrogen (secondary N) is 1. The third-order valence-corrected chi connectivity index (χ3v) is 6.47. The molecule has 1 aliphatic carbocycles. The number of rotatable bonds is 10. The summed E-state index contributed by atoms with van der Waals surface area (Å²) in [7, 11) is 0. The van der Waals surface area contributed by atoms with Gasteiger partial charge in [0.1, 0.15) is 11.8 Å². The van der Waals surface area contributed by atoms with Crippen LogP contribution in [0.15, 0.2) is 48.5 Å². The molecule has 0 aliphatic heterocycles. The van der Waals surface area contributed by atoms with E-state index in [1.165, 1.54) is 12.0 Å². The van der Waals surface area contributed by atoms with Crippen LogP contribution in [0.4, 0.5) is 0 Å². The zero-order valence-corrected chi connectivity index (χ0v) is 20.3. The van der Waals surface area contributed by atoms with Crippen LogP contribution < -0.4 is 10.1 Å². The highest BCUT2D eigenvalue weighted by molar-refractivity contribution is 5.88. The van der Waals surface area contributed by atoms with Crippen LogP contribution in [0, 0.1) is 6.92 Å². The highest BCUT2D eigenvalue weighted by Gasteiger charge is 2.30. The molecule has 1 atom stereocenters. The highest BCUT2D eigenvalue weighted by Crippen LogP contribution is 2.20. The molecular weight excluding hydrogens is 412 g/mol. The number of ether oxygens (including phenoxy) is 1. The topological polar surface area (TPSA) is 58.6 Å². The van der Waals surface area contributed by atoms with Crippen LogP contribution in [0.3, 0.4) is 0 Å². The van der Waals surface area contributed by atoms with E-state index in [9.17, 15) is 9.59 Å². The van der Waals surface area contributed by atoms with Gasteiger partial charge >= 0.3 is 0 Å². The molecule has 1 unspecified atom stereocenters. The van der Waals surface area contributed by atoms with E-state index < -0.39 is 6.04 Å². The van der Waals surface area contributed by atoms with Crippen molar-refractivity contribution in [2.75, 3.05) is 6.61 Å². The second-order valence-electron chi connectivity index (χ2n) is 9.06. The van der Waals surface area contributed by atoms with E-state index in [-0.39, 0.29) is 24.5 Å². The Labute approximate surface area is 198 Å². The van der Waals surface area contributed by atoms with Gasteiger partial charge in [-0.3, -0.25) is 9.59 Å². The summed E-state index contributed by atoms with van der Waals surface area (Å²) in [6, 6.07) is 15.6. The summed E-state index contributed by atoms with van der Waals surface area (Å²) < 4.78 is 5.81. The standard InChI is InChI=1S/C28H38N2O3/c1-4-22-14-16-25(17-15-22)33-20-27(31)30(19-23-11-9-10-21(3)18-23)26(5-2)28(32)29-24-12-7-6-8-13-24/h9-11,14-18,24,26H,4-8,12-13,19-20H2,1-3H3,(H,29,32). The van der Waals surface area contributed by atoms with Gasteiger partial charge < -0.3 is 15.0 Å². The Morgan fingerprint density at radius 2 is 1.76 bits per heavy atom. The second-order valence-corrected chi connectivity index (χ2v) is 9.06. The SMILES string of the molecule is CCc1ccc(OCC(=O)N(Cc2cccc(C)c2)C(CC)C(=O)NC2CCCCC2)cc1. The quantitative estimate of drug-likeness (QED) is 0.542. The number of hydrogen-bond donors (Lipinski definition) is 1. The van der Waals surface area contributed by atoms with Crippen LogP contribution in [0.5, 0.6) is 5.75 Å². The molecule has 3 rings (SSSR count). The predicted molar refractivity (Wildman–Crippen MR) is 132 cm³/mol. The average Bonchev–Trinajstić information content (AvgIpc) is 2.83. The van der Waals surface area contributed by atoms with Gasteiger partial charge in [-0.2, -0.15) is 0 Å². The summed E-state index contributed by atoms with van der Waals surface area (Å²) in [4.78, 5) is 28.3. The second kappa shape index (κ2) is 12.4. The molecular formula is C28H38N2O3. The normalized spacial score (nSPS) is 15.0. The summed E-state index contributed by atoms with van der Waals surface area (Å²) >= 11 is 0. The number of carbonyl (C=O) groups is 2. The molecule has 0 bridgehead atoms. The summed E-state index contributed by atoms with van der Waals surface area (Å²) in [6.45, 7) is 6.39. The molecule has 2 aromatic carbocycles. The molecule has 2 aromatic rings. The van der Waals surface area contributed by atoms with Gasteiger partial charge in [0.05, 0.1) is 0 Å². The van der Waals surface area contributed by atoms with E-state index in [0.717, 1.165) is 43.2 Å². The van der Waals surface area contributed by atoms with Gasteiger partial charge in [-0.05, 0) is 55.9 Å². The molecule has 5 nitrogen and oxygen atoms in total. The molecule has 2 amide bonds. The fraction of sp³-hybridized carbons (Fsp3) is 0.500. The summed E-state index contributed by atoms with van der Waals surface area (Å²) in [5.74, 6) is 0.426. The maximum atomic E-state index is 13.3. The van der Waals surface area contributed by atoms with E-state index in [4.69, 9.17) is 4.74 Å². The Hall–Kier alpha value is -2.82. The Balaban J connectivity index is 1.74. The van der Waals surface area contributed by atoms with Gasteiger partial charge in [0.25, 0.3) is 5.91 Å². The van der Waals surface area contributed by atoms with Crippen molar-refractivity contribution in [1.29, 1.82) is 0 Å². The van der Waals surface area contributed by atoms with Crippen molar-refractivity contribution in [1.82, 2.24) is 10.2 Å². The number of amides is 2. The number of nitrogens with zero attached hydrogens (tertiary/aromatic N) is 1. The molecule has 1 aliphatic rings. The summed E-state index contributed by atoms with van der Waals surface area (Å²) in [6.07, 6.45) is 7.09. The Kier molecular flexibility index (Phi) is 9.35. The highest BCUT2D eigenvalue weighted by atomic mass is 16.5. The molecule has 1 N–H and O–H groups in total. The summed E-state index contributed by atoms with van der Waals surface area (Å²) in [5.41, 5.74) is 3.37. The van der Waals surface area contributed by atoms with Crippen LogP contribution in [0.2, 0.25) is 0 Å². The van der Waals surface area contributed by atoms with Crippen LogP contribution in [0.1, 0.15) is 69.1 Å². The zero-order chi connectivity index (χ0) is 23.6. The summed E-state index contributed by atoms with van der Waals surface area (Å²) in [5, 5.41) is 3.22. The van der Waals surface area contributed by atoms with E-state index in [1.54, 1.807) is 4.90 Å². The van der Waals surface area contributed by atoms with E-state index in [1.807, 2.05) is 56.3 Å². The van der Waals surface area contributed by atoms with Gasteiger partial charge in [0.15, 0.2) is 6.61 Å². The lowest BCUT2D eigenvalue weighted by molar-refractivity contribution is -0.143. The average molecular weight is 451 g/mol. The monoisotopic (exact) mass is 450 g/mol. The van der Waals surface area contributed by atoms with E-state index >= 15 is 0 Å². The first kappa shape index (κ1) is 24.8. The first-order valence-corrected chi connectivity index (χ1v) is 12.4. The smallest absolute Gasteiger partial charge is 0.261 e. The Bertz CT molecular complexity index is 904. The van der Waals surface area contributed by atoms with Crippen molar-refractivity contribution in [3.05, 3.63) is 65.2 Å². The minimum absolute atomic E-state index is 0.0577. The van der Waals surface area contributed by atoms with Crippen LogP contribution in [-0.4, -0.2) is 35.4 Å². The minimum Gasteiger partial charge on any atom is -0.484 e. The van der Waals surface area contributed by atoms with Crippen molar-refractivity contribution in [2.24, 2.45) is 0 Å². The van der Waals surface area contributed by atoms with Crippen LogP contribution in [-0.2, 0) is 22.6 Å². The Morgan fingerprint density at radius 3 is 2.39 bits per heavy atom. The lowest BCUT2D eigenvalue weighted by Gasteiger charge is -2.32. The first-order chi connectivity index (χ1) is 16.0. The molecule has 0 saturated heterocycles. The van der Waals surface area contributed by atoms with Crippen molar-refractivity contribution in [3.63, 3.8) is 0 Å². The third kappa shape index (κ3) is 7.34. The number of hydrogen-bond acceptors (Lipinski definition) is 3. The van der Waals surface area contributed by atoms with Gasteiger partial charge in [0, 0.05) is 12.6 Å².